The fraction of sp³-hybridized carbons (Fsp3) is 0.909. The Hall–Kier alpha value is -0.610. The summed E-state index contributed by atoms with van der Waals surface area (Å²) in [6, 6.07) is 0. The number of aliphatic hydroxyl groups is 1. The Labute approximate surface area is 92.2 Å². The minimum Gasteiger partial charge on any atom is -0.391 e. The number of nitrogens with one attached hydrogen (secondary N) is 1. The molecule has 2 unspecified atom stereocenters. The van der Waals surface area contributed by atoms with Gasteiger partial charge in [-0.05, 0) is 25.7 Å². The summed E-state index contributed by atoms with van der Waals surface area (Å²) in [5.74, 6) is 0.222. The van der Waals surface area contributed by atoms with Crippen LogP contribution in [0.5, 0.6) is 0 Å². The highest BCUT2D eigenvalue weighted by Gasteiger charge is 2.25. The molecule has 0 rings (SSSR count). The number of aliphatic hydroxyl groups excluding tert-OH is 1. The molecule has 0 aliphatic heterocycles. The van der Waals surface area contributed by atoms with Crippen LogP contribution in [0.25, 0.3) is 0 Å². The number of hydrogen-bond donors (Lipinski definition) is 3. The molecule has 0 aliphatic carbocycles. The molecule has 0 heterocycles. The summed E-state index contributed by atoms with van der Waals surface area (Å²) in [6.07, 6.45) is 0.786. The minimum absolute atomic E-state index is 0.201. The summed E-state index contributed by atoms with van der Waals surface area (Å²) < 4.78 is 0. The third kappa shape index (κ3) is 5.74. The maximum atomic E-state index is 11.5. The van der Waals surface area contributed by atoms with Gasteiger partial charge in [0.1, 0.15) is 0 Å². The summed E-state index contributed by atoms with van der Waals surface area (Å²) in [6.45, 7) is 7.90. The van der Waals surface area contributed by atoms with Crippen molar-refractivity contribution >= 4 is 5.91 Å². The van der Waals surface area contributed by atoms with Crippen LogP contribution in [0.1, 0.15) is 40.5 Å². The molecule has 0 radical (unpaired) electrons. The Balaban J connectivity index is 3.90. The molecule has 0 spiro atoms. The van der Waals surface area contributed by atoms with E-state index in [1.54, 1.807) is 6.92 Å². The lowest BCUT2D eigenvalue weighted by Gasteiger charge is -2.23. The van der Waals surface area contributed by atoms with E-state index < -0.39 is 11.6 Å². The van der Waals surface area contributed by atoms with Crippen LogP contribution in [-0.2, 0) is 4.79 Å². The Morgan fingerprint density at radius 3 is 2.47 bits per heavy atom. The van der Waals surface area contributed by atoms with Gasteiger partial charge in [0.05, 0.1) is 11.6 Å². The standard InChI is InChI=1S/C11H24N2O2/c1-5-11(4,12)10(15)13-7-9(14)6-8(2)3/h8-9,14H,5-7,12H2,1-4H3,(H,13,15). The van der Waals surface area contributed by atoms with E-state index in [1.165, 1.54) is 0 Å². The largest absolute Gasteiger partial charge is 0.391 e. The van der Waals surface area contributed by atoms with Gasteiger partial charge in [-0.25, -0.2) is 0 Å². The van der Waals surface area contributed by atoms with Crippen LogP contribution in [0.2, 0.25) is 0 Å². The van der Waals surface area contributed by atoms with Crippen LogP contribution >= 0.6 is 0 Å². The normalized spacial score (nSPS) is 17.3. The van der Waals surface area contributed by atoms with E-state index in [0.717, 1.165) is 0 Å². The van der Waals surface area contributed by atoms with E-state index in [-0.39, 0.29) is 12.5 Å². The van der Waals surface area contributed by atoms with Gasteiger partial charge in [-0.3, -0.25) is 4.79 Å². The molecule has 1 amide bonds. The van der Waals surface area contributed by atoms with Crippen LogP contribution < -0.4 is 11.1 Å². The van der Waals surface area contributed by atoms with Crippen molar-refractivity contribution in [2.45, 2.75) is 52.2 Å². The van der Waals surface area contributed by atoms with Gasteiger partial charge < -0.3 is 16.2 Å². The van der Waals surface area contributed by atoms with Gasteiger partial charge in [-0.2, -0.15) is 0 Å². The first kappa shape index (κ1) is 14.4. The van der Waals surface area contributed by atoms with Crippen molar-refractivity contribution in [2.75, 3.05) is 6.54 Å². The molecule has 0 aromatic rings. The van der Waals surface area contributed by atoms with Crippen molar-refractivity contribution in [2.24, 2.45) is 11.7 Å². The fourth-order valence-electron chi connectivity index (χ4n) is 1.20. The first-order valence-electron chi connectivity index (χ1n) is 5.54. The molecular weight excluding hydrogens is 192 g/mol. The molecule has 0 fully saturated rings. The van der Waals surface area contributed by atoms with Crippen molar-refractivity contribution in [3.8, 4) is 0 Å². The number of hydrogen-bond acceptors (Lipinski definition) is 3. The molecule has 2 atom stereocenters. The molecule has 0 aliphatic rings. The van der Waals surface area contributed by atoms with E-state index >= 15 is 0 Å². The van der Waals surface area contributed by atoms with E-state index in [9.17, 15) is 9.90 Å². The second-order valence-corrected chi connectivity index (χ2v) is 4.76. The smallest absolute Gasteiger partial charge is 0.239 e. The summed E-state index contributed by atoms with van der Waals surface area (Å²) >= 11 is 0. The lowest BCUT2D eigenvalue weighted by Crippen LogP contribution is -2.52. The Bertz CT molecular complexity index is 203. The zero-order valence-electron chi connectivity index (χ0n) is 10.2. The second kappa shape index (κ2) is 6.08. The van der Waals surface area contributed by atoms with Crippen LogP contribution in [0.15, 0.2) is 0 Å². The highest BCUT2D eigenvalue weighted by atomic mass is 16.3. The maximum absolute atomic E-state index is 11.5. The average molecular weight is 216 g/mol. The van der Waals surface area contributed by atoms with Crippen molar-refractivity contribution < 1.29 is 9.90 Å². The lowest BCUT2D eigenvalue weighted by molar-refractivity contribution is -0.126. The highest BCUT2D eigenvalue weighted by Crippen LogP contribution is 2.06. The zero-order chi connectivity index (χ0) is 12.1. The first-order valence-corrected chi connectivity index (χ1v) is 5.54. The van der Waals surface area contributed by atoms with Crippen LogP contribution in [0.4, 0.5) is 0 Å². The molecule has 90 valence electrons. The number of carbonyl (C=O) groups excluding carboxylic acids is 1. The van der Waals surface area contributed by atoms with Gasteiger partial charge in [0, 0.05) is 6.54 Å². The third-order valence-electron chi connectivity index (χ3n) is 2.49. The summed E-state index contributed by atoms with van der Waals surface area (Å²) in [5.41, 5.74) is 4.92. The molecule has 0 aromatic carbocycles. The van der Waals surface area contributed by atoms with E-state index in [2.05, 4.69) is 5.32 Å². The molecule has 0 saturated heterocycles. The Morgan fingerprint density at radius 2 is 2.07 bits per heavy atom. The first-order chi connectivity index (χ1) is 6.79. The predicted octanol–water partition coefficient (Wildman–Crippen LogP) is 0.637. The van der Waals surface area contributed by atoms with E-state index in [4.69, 9.17) is 5.73 Å². The van der Waals surface area contributed by atoms with Gasteiger partial charge in [-0.15, -0.1) is 0 Å². The topological polar surface area (TPSA) is 75.4 Å². The maximum Gasteiger partial charge on any atom is 0.239 e. The van der Waals surface area contributed by atoms with Crippen molar-refractivity contribution in [3.63, 3.8) is 0 Å². The van der Waals surface area contributed by atoms with Crippen LogP contribution in [0, 0.1) is 5.92 Å². The molecule has 4 heteroatoms. The molecular formula is C11H24N2O2. The van der Waals surface area contributed by atoms with Gasteiger partial charge in [0.15, 0.2) is 0 Å². The second-order valence-electron chi connectivity index (χ2n) is 4.76. The average Bonchev–Trinajstić information content (AvgIpc) is 2.13. The molecule has 0 aromatic heterocycles. The third-order valence-corrected chi connectivity index (χ3v) is 2.49. The predicted molar refractivity (Wildman–Crippen MR) is 61.4 cm³/mol. The number of nitrogens with two attached hydrogens (primary N) is 1. The van der Waals surface area contributed by atoms with Gasteiger partial charge in [0.25, 0.3) is 0 Å². The Morgan fingerprint density at radius 1 is 1.53 bits per heavy atom. The molecule has 15 heavy (non-hydrogen) atoms. The number of rotatable bonds is 6. The number of carbonyl (C=O) groups is 1. The Kier molecular flexibility index (Phi) is 5.83. The highest BCUT2D eigenvalue weighted by molar-refractivity contribution is 5.85. The summed E-state index contributed by atoms with van der Waals surface area (Å²) in [4.78, 5) is 11.5. The van der Waals surface area contributed by atoms with Crippen molar-refractivity contribution in [3.05, 3.63) is 0 Å². The fourth-order valence-corrected chi connectivity index (χ4v) is 1.20. The van der Waals surface area contributed by atoms with Crippen LogP contribution in [-0.4, -0.2) is 29.2 Å². The molecule has 4 nitrogen and oxygen atoms in total. The van der Waals surface area contributed by atoms with Gasteiger partial charge in [0.2, 0.25) is 5.91 Å². The molecule has 0 bridgehead atoms. The van der Waals surface area contributed by atoms with Gasteiger partial charge >= 0.3 is 0 Å². The van der Waals surface area contributed by atoms with E-state index in [0.29, 0.717) is 18.8 Å². The van der Waals surface area contributed by atoms with Crippen molar-refractivity contribution in [1.82, 2.24) is 5.32 Å². The minimum atomic E-state index is -0.836. The van der Waals surface area contributed by atoms with Crippen LogP contribution in [0.3, 0.4) is 0 Å². The van der Waals surface area contributed by atoms with E-state index in [1.807, 2.05) is 20.8 Å². The monoisotopic (exact) mass is 216 g/mol. The lowest BCUT2D eigenvalue weighted by atomic mass is 9.99. The quantitative estimate of drug-likeness (QED) is 0.610. The summed E-state index contributed by atoms with van der Waals surface area (Å²) in [7, 11) is 0. The number of amides is 1. The summed E-state index contributed by atoms with van der Waals surface area (Å²) in [5, 5.41) is 12.2. The SMILES string of the molecule is CCC(C)(N)C(=O)NCC(O)CC(C)C. The molecule has 4 N–H and O–H groups in total. The zero-order valence-corrected chi connectivity index (χ0v) is 10.2. The van der Waals surface area contributed by atoms with Gasteiger partial charge in [-0.1, -0.05) is 20.8 Å². The van der Waals surface area contributed by atoms with Crippen molar-refractivity contribution in [1.29, 1.82) is 0 Å². The molecule has 0 saturated carbocycles.